The molecule has 0 aromatic carbocycles. The summed E-state index contributed by atoms with van der Waals surface area (Å²) in [5, 5.41) is 22.1. The molecule has 3 unspecified atom stereocenters. The molecule has 2 heterocycles. The van der Waals surface area contributed by atoms with Crippen LogP contribution in [0.4, 0.5) is 0 Å². The summed E-state index contributed by atoms with van der Waals surface area (Å²) < 4.78 is 0. The lowest BCUT2D eigenvalue weighted by atomic mass is 9.64. The topological polar surface area (TPSA) is 98.8 Å². The van der Waals surface area contributed by atoms with Gasteiger partial charge in [-0.25, -0.2) is 0 Å². The monoisotopic (exact) mass is 283 g/mol. The van der Waals surface area contributed by atoms with Crippen molar-refractivity contribution in [3.8, 4) is 0 Å². The fraction of sp³-hybridized carbons (Fsp3) is 0.923. The number of carboxylic acid groups (broad SMARTS) is 1. The largest absolute Gasteiger partial charge is 0.480 e. The van der Waals surface area contributed by atoms with Gasteiger partial charge in [0, 0.05) is 31.1 Å². The zero-order valence-corrected chi connectivity index (χ0v) is 12.2. The van der Waals surface area contributed by atoms with Crippen molar-refractivity contribution in [2.45, 2.75) is 44.5 Å². The zero-order chi connectivity index (χ0) is 14.8. The summed E-state index contributed by atoms with van der Waals surface area (Å²) in [6, 6.07) is -0.203. The Kier molecular flexibility index (Phi) is 5.07. The Bertz CT molecular complexity index is 356. The first-order valence-electron chi connectivity index (χ1n) is 7.59. The van der Waals surface area contributed by atoms with Crippen molar-refractivity contribution in [1.82, 2.24) is 10.2 Å². The molecule has 5 N–H and O–H groups in total. The van der Waals surface area contributed by atoms with Crippen LogP contribution in [0.25, 0.3) is 0 Å². The molecule has 0 amide bonds. The number of rotatable bonds is 7. The summed E-state index contributed by atoms with van der Waals surface area (Å²) in [7, 11) is 0. The fourth-order valence-electron chi connectivity index (χ4n) is 4.07. The quantitative estimate of drug-likeness (QED) is 0.468. The van der Waals surface area contributed by atoms with Crippen LogP contribution in [0, 0.1) is 5.41 Å². The number of carboxylic acids is 1. The number of carbonyl (C=O) groups is 1. The first-order valence-corrected chi connectivity index (χ1v) is 7.59. The molecule has 0 bridgehead atoms. The molecule has 20 heavy (non-hydrogen) atoms. The zero-order valence-electron chi connectivity index (χ0n) is 12.2. The van der Waals surface area contributed by atoms with Crippen molar-refractivity contribution in [2.75, 3.05) is 26.2 Å². The number of likely N-dealkylation sites (tertiary alicyclic amines) is 1. The number of fused-ring (bicyclic) bond motifs is 1. The van der Waals surface area contributed by atoms with Crippen LogP contribution in [0.15, 0.2) is 0 Å². The molecule has 0 aromatic rings. The molecule has 2 aliphatic heterocycles. The van der Waals surface area contributed by atoms with Crippen LogP contribution in [-0.4, -0.2) is 66.2 Å². The van der Waals surface area contributed by atoms with Gasteiger partial charge in [-0.1, -0.05) is 13.2 Å². The predicted octanol–water partition coefficient (Wildman–Crippen LogP) is -0.544. The van der Waals surface area contributed by atoms with Crippen LogP contribution in [0.2, 0.25) is 13.1 Å². The molecule has 3 atom stereocenters. The molecule has 0 spiro atoms. The van der Waals surface area contributed by atoms with E-state index in [-0.39, 0.29) is 18.4 Å². The van der Waals surface area contributed by atoms with Gasteiger partial charge in [0.05, 0.1) is 0 Å². The highest BCUT2D eigenvalue weighted by Crippen LogP contribution is 2.47. The van der Waals surface area contributed by atoms with Crippen molar-refractivity contribution in [3.63, 3.8) is 0 Å². The minimum atomic E-state index is -0.751. The number of hydrogen-bond donors (Lipinski definition) is 4. The Hall–Kier alpha value is -0.625. The normalized spacial score (nSPS) is 33.4. The lowest BCUT2D eigenvalue weighted by Gasteiger charge is -2.34. The molecule has 2 rings (SSSR count). The fourth-order valence-corrected chi connectivity index (χ4v) is 4.07. The second kappa shape index (κ2) is 6.43. The molecule has 6 nitrogen and oxygen atoms in total. The Morgan fingerprint density at radius 2 is 2.35 bits per heavy atom. The van der Waals surface area contributed by atoms with Gasteiger partial charge in [-0.2, -0.15) is 0 Å². The maximum absolute atomic E-state index is 11.6. The smallest absolute Gasteiger partial charge is 0.321 e. The van der Waals surface area contributed by atoms with Crippen LogP contribution < -0.4 is 11.1 Å². The van der Waals surface area contributed by atoms with E-state index in [0.717, 1.165) is 45.2 Å². The lowest BCUT2D eigenvalue weighted by Crippen LogP contribution is -2.46. The lowest BCUT2D eigenvalue weighted by molar-refractivity contribution is -0.142. The van der Waals surface area contributed by atoms with Crippen molar-refractivity contribution in [1.29, 1.82) is 0 Å². The first kappa shape index (κ1) is 15.8. The van der Waals surface area contributed by atoms with Crippen LogP contribution in [-0.2, 0) is 4.79 Å². The predicted molar refractivity (Wildman–Crippen MR) is 78.8 cm³/mol. The van der Waals surface area contributed by atoms with Crippen LogP contribution in [0.1, 0.15) is 19.3 Å². The Morgan fingerprint density at radius 1 is 1.60 bits per heavy atom. The minimum absolute atomic E-state index is 0.199. The van der Waals surface area contributed by atoms with Gasteiger partial charge < -0.3 is 21.2 Å². The molecular weight excluding hydrogens is 257 g/mol. The molecule has 0 aromatic heterocycles. The van der Waals surface area contributed by atoms with Gasteiger partial charge in [0.25, 0.3) is 6.92 Å². The van der Waals surface area contributed by atoms with E-state index in [9.17, 15) is 14.9 Å². The second-order valence-corrected chi connectivity index (χ2v) is 6.24. The standard InChI is InChI=1S/C13H26BN3O3/c1-14(20)5-2-3-13-4-7-17(8-6-15)10(13)9-16-11(13)12(18)19/h10-11,16,20H,2-9,15H2,1H3,(H,18,19). The average molecular weight is 283 g/mol. The third-order valence-electron chi connectivity index (χ3n) is 4.99. The van der Waals surface area contributed by atoms with E-state index in [4.69, 9.17) is 5.73 Å². The van der Waals surface area contributed by atoms with E-state index in [1.807, 2.05) is 0 Å². The van der Waals surface area contributed by atoms with Crippen molar-refractivity contribution < 1.29 is 14.9 Å². The van der Waals surface area contributed by atoms with Crippen LogP contribution in [0.3, 0.4) is 0 Å². The number of nitrogens with two attached hydrogens (primary N) is 1. The molecular formula is C13H26BN3O3. The highest BCUT2D eigenvalue weighted by Gasteiger charge is 2.57. The molecule has 2 aliphatic rings. The van der Waals surface area contributed by atoms with E-state index in [1.54, 1.807) is 6.82 Å². The van der Waals surface area contributed by atoms with Gasteiger partial charge in [-0.15, -0.1) is 0 Å². The third-order valence-corrected chi connectivity index (χ3v) is 4.99. The van der Waals surface area contributed by atoms with Crippen molar-refractivity contribution in [3.05, 3.63) is 0 Å². The summed E-state index contributed by atoms with van der Waals surface area (Å²) in [5.41, 5.74) is 5.46. The van der Waals surface area contributed by atoms with Crippen LogP contribution >= 0.6 is 0 Å². The number of nitrogens with zero attached hydrogens (tertiary/aromatic N) is 1. The Labute approximate surface area is 120 Å². The van der Waals surface area contributed by atoms with Crippen LogP contribution in [0.5, 0.6) is 0 Å². The van der Waals surface area contributed by atoms with E-state index in [1.165, 1.54) is 0 Å². The molecule has 0 saturated carbocycles. The molecule has 114 valence electrons. The highest BCUT2D eigenvalue weighted by molar-refractivity contribution is 6.48. The molecule has 0 radical (unpaired) electrons. The SMILES string of the molecule is CB(O)CCCC12CCN(CCN)C1CNC2C(=O)O. The molecule has 7 heteroatoms. The van der Waals surface area contributed by atoms with E-state index < -0.39 is 12.0 Å². The molecule has 2 fully saturated rings. The number of aliphatic carboxylic acids is 1. The minimum Gasteiger partial charge on any atom is -0.480 e. The maximum atomic E-state index is 11.6. The summed E-state index contributed by atoms with van der Waals surface area (Å²) in [5.74, 6) is -0.751. The Balaban J connectivity index is 2.10. The van der Waals surface area contributed by atoms with Crippen molar-refractivity contribution >= 4 is 12.9 Å². The summed E-state index contributed by atoms with van der Waals surface area (Å²) in [4.78, 5) is 13.9. The molecule has 0 aliphatic carbocycles. The average Bonchev–Trinajstić information content (AvgIpc) is 2.87. The van der Waals surface area contributed by atoms with Gasteiger partial charge in [0.1, 0.15) is 6.04 Å². The van der Waals surface area contributed by atoms with E-state index >= 15 is 0 Å². The van der Waals surface area contributed by atoms with Gasteiger partial charge >= 0.3 is 5.97 Å². The second-order valence-electron chi connectivity index (χ2n) is 6.24. The summed E-state index contributed by atoms with van der Waals surface area (Å²) in [6.07, 6.45) is 3.36. The van der Waals surface area contributed by atoms with Gasteiger partial charge in [0.15, 0.2) is 0 Å². The highest BCUT2D eigenvalue weighted by atomic mass is 16.4. The Morgan fingerprint density at radius 3 is 2.95 bits per heavy atom. The van der Waals surface area contributed by atoms with E-state index in [0.29, 0.717) is 6.54 Å². The summed E-state index contributed by atoms with van der Waals surface area (Å²) >= 11 is 0. The number of hydrogen-bond acceptors (Lipinski definition) is 5. The summed E-state index contributed by atoms with van der Waals surface area (Å²) in [6.45, 7) is 4.57. The maximum Gasteiger partial charge on any atom is 0.321 e. The van der Waals surface area contributed by atoms with Gasteiger partial charge in [0.2, 0.25) is 0 Å². The van der Waals surface area contributed by atoms with Gasteiger partial charge in [-0.3, -0.25) is 9.69 Å². The van der Waals surface area contributed by atoms with Crippen molar-refractivity contribution in [2.24, 2.45) is 11.1 Å². The first-order chi connectivity index (χ1) is 9.51. The number of nitrogens with one attached hydrogen (secondary N) is 1. The van der Waals surface area contributed by atoms with Gasteiger partial charge in [-0.05, 0) is 25.7 Å². The molecule has 2 saturated heterocycles. The van der Waals surface area contributed by atoms with E-state index in [2.05, 4.69) is 10.2 Å². The third kappa shape index (κ3) is 2.86.